The van der Waals surface area contributed by atoms with Crippen LogP contribution < -0.4 is 0 Å². The van der Waals surface area contributed by atoms with E-state index in [1.54, 1.807) is 11.3 Å². The standard InChI is InChI=1S/C16H18F3N3OS2/c1-9-15(25-10(2)20-9)12-8-24-13(21-12)7-14(23)22-5-3-11(4-6-22)16(17,18)19/h8,11H,3-7H2,1-2H3. The monoisotopic (exact) mass is 389 g/mol. The predicted molar refractivity (Wildman–Crippen MR) is 91.8 cm³/mol. The second-order valence-corrected chi connectivity index (χ2v) is 8.29. The van der Waals surface area contributed by atoms with Gasteiger partial charge in [-0.05, 0) is 26.7 Å². The maximum absolute atomic E-state index is 12.7. The summed E-state index contributed by atoms with van der Waals surface area (Å²) in [5.41, 5.74) is 1.73. The molecular weight excluding hydrogens is 371 g/mol. The lowest BCUT2D eigenvalue weighted by atomic mass is 9.96. The molecule has 136 valence electrons. The molecule has 1 fully saturated rings. The van der Waals surface area contributed by atoms with Crippen LogP contribution in [0.5, 0.6) is 0 Å². The first kappa shape index (κ1) is 18.3. The van der Waals surface area contributed by atoms with Crippen molar-refractivity contribution in [3.63, 3.8) is 0 Å². The van der Waals surface area contributed by atoms with Gasteiger partial charge in [0.25, 0.3) is 0 Å². The molecule has 1 aliphatic heterocycles. The largest absolute Gasteiger partial charge is 0.391 e. The number of likely N-dealkylation sites (tertiary alicyclic amines) is 1. The first-order chi connectivity index (χ1) is 11.7. The third-order valence-corrected chi connectivity index (χ3v) is 6.25. The number of carbonyl (C=O) groups is 1. The normalized spacial score (nSPS) is 16.4. The SMILES string of the molecule is Cc1nc(C)c(-c2csc(CC(=O)N3CCC(C(F)(F)F)CC3)n2)s1. The number of nitrogens with zero attached hydrogens (tertiary/aromatic N) is 3. The Morgan fingerprint density at radius 3 is 2.52 bits per heavy atom. The molecule has 2 aromatic heterocycles. The predicted octanol–water partition coefficient (Wildman–Crippen LogP) is 4.23. The fourth-order valence-electron chi connectivity index (χ4n) is 2.96. The summed E-state index contributed by atoms with van der Waals surface area (Å²) in [6.07, 6.45) is -4.06. The van der Waals surface area contributed by atoms with Crippen LogP contribution in [-0.4, -0.2) is 40.0 Å². The zero-order chi connectivity index (χ0) is 18.2. The van der Waals surface area contributed by atoms with Crippen LogP contribution in [0.1, 0.15) is 28.6 Å². The molecule has 0 saturated carbocycles. The molecule has 1 aliphatic rings. The van der Waals surface area contributed by atoms with Gasteiger partial charge in [0.2, 0.25) is 5.91 Å². The number of hydrogen-bond acceptors (Lipinski definition) is 5. The average Bonchev–Trinajstić information content (AvgIpc) is 3.12. The summed E-state index contributed by atoms with van der Waals surface area (Å²) < 4.78 is 38.1. The molecule has 4 nitrogen and oxygen atoms in total. The van der Waals surface area contributed by atoms with E-state index in [9.17, 15) is 18.0 Å². The van der Waals surface area contributed by atoms with Crippen molar-refractivity contribution in [3.8, 4) is 10.6 Å². The maximum atomic E-state index is 12.7. The van der Waals surface area contributed by atoms with Crippen molar-refractivity contribution in [2.75, 3.05) is 13.1 Å². The van der Waals surface area contributed by atoms with Crippen molar-refractivity contribution in [2.45, 2.75) is 39.3 Å². The molecule has 0 spiro atoms. The lowest BCUT2D eigenvalue weighted by molar-refractivity contribution is -0.186. The molecule has 3 rings (SSSR count). The van der Waals surface area contributed by atoms with E-state index in [0.717, 1.165) is 21.3 Å². The Balaban J connectivity index is 1.60. The molecular formula is C16H18F3N3OS2. The number of aryl methyl sites for hydroxylation is 2. The lowest BCUT2D eigenvalue weighted by Crippen LogP contribution is -2.42. The van der Waals surface area contributed by atoms with Crippen LogP contribution in [0.2, 0.25) is 0 Å². The fraction of sp³-hybridized carbons (Fsp3) is 0.562. The number of thiazole rings is 2. The molecule has 0 aliphatic carbocycles. The van der Waals surface area contributed by atoms with E-state index in [4.69, 9.17) is 0 Å². The Bertz CT molecular complexity index is 761. The van der Waals surface area contributed by atoms with Gasteiger partial charge in [0, 0.05) is 18.5 Å². The minimum atomic E-state index is -4.16. The fourth-order valence-corrected chi connectivity index (χ4v) is 4.69. The van der Waals surface area contributed by atoms with Gasteiger partial charge in [0.05, 0.1) is 33.6 Å². The van der Waals surface area contributed by atoms with Crippen molar-refractivity contribution in [2.24, 2.45) is 5.92 Å². The minimum Gasteiger partial charge on any atom is -0.342 e. The highest BCUT2D eigenvalue weighted by molar-refractivity contribution is 7.16. The molecule has 2 aromatic rings. The van der Waals surface area contributed by atoms with Gasteiger partial charge in [0.1, 0.15) is 5.01 Å². The Morgan fingerprint density at radius 1 is 1.28 bits per heavy atom. The maximum Gasteiger partial charge on any atom is 0.391 e. The minimum absolute atomic E-state index is 0.0162. The number of rotatable bonds is 3. The summed E-state index contributed by atoms with van der Waals surface area (Å²) in [5, 5.41) is 3.55. The second kappa shape index (κ2) is 7.03. The van der Waals surface area contributed by atoms with E-state index in [0.29, 0.717) is 5.01 Å². The Kier molecular flexibility index (Phi) is 5.15. The van der Waals surface area contributed by atoms with Gasteiger partial charge in [-0.15, -0.1) is 22.7 Å². The third-order valence-electron chi connectivity index (χ3n) is 4.30. The van der Waals surface area contributed by atoms with Crippen LogP contribution >= 0.6 is 22.7 Å². The zero-order valence-electron chi connectivity index (χ0n) is 13.9. The van der Waals surface area contributed by atoms with Gasteiger partial charge in [0.15, 0.2) is 0 Å². The van der Waals surface area contributed by atoms with E-state index in [-0.39, 0.29) is 38.3 Å². The number of hydrogen-bond donors (Lipinski definition) is 0. The van der Waals surface area contributed by atoms with Crippen LogP contribution in [0.3, 0.4) is 0 Å². The summed E-state index contributed by atoms with van der Waals surface area (Å²) in [6, 6.07) is 0. The average molecular weight is 389 g/mol. The number of piperidine rings is 1. The topological polar surface area (TPSA) is 46.1 Å². The third kappa shape index (κ3) is 4.20. The Labute approximate surface area is 151 Å². The summed E-state index contributed by atoms with van der Waals surface area (Å²) >= 11 is 2.96. The number of amides is 1. The summed E-state index contributed by atoms with van der Waals surface area (Å²) in [6.45, 7) is 4.18. The van der Waals surface area contributed by atoms with E-state index in [1.807, 2.05) is 19.2 Å². The van der Waals surface area contributed by atoms with Gasteiger partial charge in [-0.2, -0.15) is 13.2 Å². The van der Waals surface area contributed by atoms with E-state index in [2.05, 4.69) is 9.97 Å². The number of carbonyl (C=O) groups excluding carboxylic acids is 1. The lowest BCUT2D eigenvalue weighted by Gasteiger charge is -2.32. The smallest absolute Gasteiger partial charge is 0.342 e. The molecule has 0 N–H and O–H groups in total. The van der Waals surface area contributed by atoms with Crippen molar-refractivity contribution in [1.82, 2.24) is 14.9 Å². The van der Waals surface area contributed by atoms with Crippen molar-refractivity contribution in [1.29, 1.82) is 0 Å². The molecule has 25 heavy (non-hydrogen) atoms. The van der Waals surface area contributed by atoms with Crippen molar-refractivity contribution >= 4 is 28.6 Å². The molecule has 0 aromatic carbocycles. The van der Waals surface area contributed by atoms with Crippen LogP contribution in [0.4, 0.5) is 13.2 Å². The van der Waals surface area contributed by atoms with Gasteiger partial charge in [-0.1, -0.05) is 0 Å². The first-order valence-electron chi connectivity index (χ1n) is 7.97. The highest BCUT2D eigenvalue weighted by Gasteiger charge is 2.41. The van der Waals surface area contributed by atoms with Crippen LogP contribution in [-0.2, 0) is 11.2 Å². The highest BCUT2D eigenvalue weighted by Crippen LogP contribution is 2.34. The Morgan fingerprint density at radius 2 is 1.96 bits per heavy atom. The van der Waals surface area contributed by atoms with Crippen LogP contribution in [0, 0.1) is 19.8 Å². The van der Waals surface area contributed by atoms with Crippen molar-refractivity contribution in [3.05, 3.63) is 21.1 Å². The molecule has 1 amide bonds. The van der Waals surface area contributed by atoms with E-state index in [1.165, 1.54) is 16.2 Å². The van der Waals surface area contributed by atoms with Gasteiger partial charge in [-0.25, -0.2) is 9.97 Å². The Hall–Kier alpha value is -1.48. The number of halogens is 3. The molecule has 0 unspecified atom stereocenters. The molecule has 0 atom stereocenters. The second-order valence-electron chi connectivity index (χ2n) is 6.15. The van der Waals surface area contributed by atoms with Gasteiger partial charge >= 0.3 is 6.18 Å². The summed E-state index contributed by atoms with van der Waals surface area (Å²) in [7, 11) is 0. The van der Waals surface area contributed by atoms with Crippen LogP contribution in [0.15, 0.2) is 5.38 Å². The molecule has 1 saturated heterocycles. The highest BCUT2D eigenvalue weighted by atomic mass is 32.1. The van der Waals surface area contributed by atoms with Crippen molar-refractivity contribution < 1.29 is 18.0 Å². The first-order valence-corrected chi connectivity index (χ1v) is 9.67. The quantitative estimate of drug-likeness (QED) is 0.789. The van der Waals surface area contributed by atoms with Crippen LogP contribution in [0.25, 0.3) is 10.6 Å². The van der Waals surface area contributed by atoms with E-state index < -0.39 is 12.1 Å². The molecule has 9 heteroatoms. The number of aromatic nitrogens is 2. The number of alkyl halides is 3. The molecule has 0 bridgehead atoms. The van der Waals surface area contributed by atoms with E-state index >= 15 is 0 Å². The summed E-state index contributed by atoms with van der Waals surface area (Å²) in [4.78, 5) is 23.7. The van der Waals surface area contributed by atoms with Gasteiger partial charge in [-0.3, -0.25) is 4.79 Å². The van der Waals surface area contributed by atoms with Gasteiger partial charge < -0.3 is 4.90 Å². The molecule has 0 radical (unpaired) electrons. The molecule has 3 heterocycles. The summed E-state index contributed by atoms with van der Waals surface area (Å²) in [5.74, 6) is -1.45. The zero-order valence-corrected chi connectivity index (χ0v) is 15.5.